The average molecular weight is 679 g/mol. The molecule has 1 amide bonds. The number of ether oxygens (including phenoxy) is 2. The first kappa shape index (κ1) is 37.9. The number of carbonyl (C=O) groups is 4. The Bertz CT molecular complexity index is 1230. The molecular formula is C23H15ClF12N2O6. The highest BCUT2D eigenvalue weighted by molar-refractivity contribution is 6.80. The third-order valence-corrected chi connectivity index (χ3v) is 4.65. The normalized spacial score (nSPS) is 12.0. The molecule has 2 rings (SSSR count). The van der Waals surface area contributed by atoms with Gasteiger partial charge < -0.3 is 14.4 Å². The smallest absolute Gasteiger partial charge is 0.433 e. The van der Waals surface area contributed by atoms with E-state index in [0.29, 0.717) is 23.1 Å². The molecule has 21 heteroatoms. The molecule has 0 spiro atoms. The summed E-state index contributed by atoms with van der Waals surface area (Å²) in [6.45, 7) is -5.01. The molecular weight excluding hydrogens is 664 g/mol. The molecule has 0 bridgehead atoms. The van der Waals surface area contributed by atoms with E-state index in [1.807, 2.05) is 0 Å². The molecule has 0 N–H and O–H groups in total. The van der Waals surface area contributed by atoms with Gasteiger partial charge in [0.25, 0.3) is 0 Å². The number of hydrogen-bond acceptors (Lipinski definition) is 7. The predicted molar refractivity (Wildman–Crippen MR) is 120 cm³/mol. The van der Waals surface area contributed by atoms with Gasteiger partial charge in [-0.05, 0) is 40.9 Å². The van der Waals surface area contributed by atoms with Crippen molar-refractivity contribution in [2.45, 2.75) is 37.8 Å². The molecule has 8 nitrogen and oxygen atoms in total. The Hall–Kier alpha value is -4.10. The van der Waals surface area contributed by atoms with Crippen molar-refractivity contribution in [1.29, 1.82) is 0 Å². The van der Waals surface area contributed by atoms with E-state index < -0.39 is 85.4 Å². The van der Waals surface area contributed by atoms with Crippen molar-refractivity contribution in [2.24, 2.45) is 0 Å². The summed E-state index contributed by atoms with van der Waals surface area (Å²) >= 11 is 4.48. The summed E-state index contributed by atoms with van der Waals surface area (Å²) in [5, 5.41) is -1.57. The summed E-state index contributed by atoms with van der Waals surface area (Å²) in [6.07, 6.45) is -18.2. The Morgan fingerprint density at radius 2 is 1.11 bits per heavy atom. The maximum absolute atomic E-state index is 12.7. The second-order valence-electron chi connectivity index (χ2n) is 8.06. The molecule has 0 atom stereocenters. The van der Waals surface area contributed by atoms with Gasteiger partial charge in [-0.25, -0.2) is 9.59 Å². The molecule has 1 aromatic carbocycles. The fourth-order valence-electron chi connectivity index (χ4n) is 2.67. The summed E-state index contributed by atoms with van der Waals surface area (Å²) in [6, 6.07) is 4.80. The van der Waals surface area contributed by atoms with Crippen LogP contribution < -0.4 is 0 Å². The number of amides is 1. The summed E-state index contributed by atoms with van der Waals surface area (Å²) in [7, 11) is 0. The van der Waals surface area contributed by atoms with E-state index in [1.54, 1.807) is 0 Å². The van der Waals surface area contributed by atoms with Crippen LogP contribution in [0.25, 0.3) is 0 Å². The number of nitrogens with zero attached hydrogens (tertiary/aromatic N) is 2. The Labute approximate surface area is 242 Å². The lowest BCUT2D eigenvalue weighted by Crippen LogP contribution is -2.38. The van der Waals surface area contributed by atoms with Crippen LogP contribution in [0.2, 0.25) is 0 Å². The Kier molecular flexibility index (Phi) is 13.0. The van der Waals surface area contributed by atoms with Gasteiger partial charge in [0.1, 0.15) is 5.69 Å². The molecule has 244 valence electrons. The third-order valence-electron chi connectivity index (χ3n) is 4.50. The quantitative estimate of drug-likeness (QED) is 0.162. The first-order valence-electron chi connectivity index (χ1n) is 11.0. The van der Waals surface area contributed by atoms with Crippen LogP contribution in [0.4, 0.5) is 52.7 Å². The van der Waals surface area contributed by atoms with E-state index in [0.717, 1.165) is 24.4 Å². The monoisotopic (exact) mass is 678 g/mol. The van der Waals surface area contributed by atoms with Crippen LogP contribution in [0.5, 0.6) is 0 Å². The van der Waals surface area contributed by atoms with Gasteiger partial charge in [0, 0.05) is 19.3 Å². The highest BCUT2D eigenvalue weighted by Crippen LogP contribution is 2.30. The molecule has 1 heterocycles. The van der Waals surface area contributed by atoms with Gasteiger partial charge in [0.15, 0.2) is 13.2 Å². The fraction of sp³-hybridized carbons (Fsp3) is 0.348. The number of alkyl halides is 12. The number of carbonyl (C=O) groups excluding carboxylic acids is 4. The van der Waals surface area contributed by atoms with Gasteiger partial charge in [-0.15, -0.1) is 0 Å². The number of esters is 2. The number of rotatable bonds is 7. The lowest BCUT2D eigenvalue weighted by molar-refractivity contribution is -0.189. The van der Waals surface area contributed by atoms with Crippen LogP contribution in [-0.2, 0) is 54.1 Å². The average Bonchev–Trinajstić information content (AvgIpc) is 2.88. The zero-order valence-corrected chi connectivity index (χ0v) is 21.9. The summed E-state index contributed by atoms with van der Waals surface area (Å²) < 4.78 is 154. The van der Waals surface area contributed by atoms with Gasteiger partial charge in [0.05, 0.1) is 5.56 Å². The van der Waals surface area contributed by atoms with Crippen molar-refractivity contribution in [3.63, 3.8) is 0 Å². The van der Waals surface area contributed by atoms with E-state index in [4.69, 9.17) is 0 Å². The second kappa shape index (κ2) is 15.1. The van der Waals surface area contributed by atoms with Crippen molar-refractivity contribution in [3.8, 4) is 0 Å². The highest BCUT2D eigenvalue weighted by atomic mass is 35.5. The van der Waals surface area contributed by atoms with Crippen molar-refractivity contribution in [3.05, 3.63) is 65.0 Å². The molecule has 0 unspecified atom stereocenters. The number of benzene rings is 1. The van der Waals surface area contributed by atoms with Crippen LogP contribution in [0, 0.1) is 0 Å². The van der Waals surface area contributed by atoms with Crippen LogP contribution in [0.3, 0.4) is 0 Å². The minimum atomic E-state index is -4.93. The fourth-order valence-corrected chi connectivity index (χ4v) is 2.72. The SMILES string of the molecule is O=C(Cl)C(=O)OCC(F)(F)F.O=C(OCC(F)(F)F)C(=O)N(Cc1ccc(C(F)(F)F)cc1)Cc1ccc(C(F)(F)F)nc1. The first-order chi connectivity index (χ1) is 19.9. The van der Waals surface area contributed by atoms with Gasteiger partial charge in [0.2, 0.25) is 0 Å². The largest absolute Gasteiger partial charge is 0.449 e. The van der Waals surface area contributed by atoms with E-state index in [2.05, 4.69) is 26.1 Å². The molecule has 0 saturated heterocycles. The van der Waals surface area contributed by atoms with Crippen molar-refractivity contribution >= 4 is 34.7 Å². The highest BCUT2D eigenvalue weighted by Gasteiger charge is 2.35. The summed E-state index contributed by atoms with van der Waals surface area (Å²) in [5.74, 6) is -5.19. The van der Waals surface area contributed by atoms with E-state index in [9.17, 15) is 71.9 Å². The van der Waals surface area contributed by atoms with E-state index in [1.165, 1.54) is 0 Å². The zero-order valence-electron chi connectivity index (χ0n) is 21.1. The van der Waals surface area contributed by atoms with Crippen molar-refractivity contribution < 1.29 is 81.3 Å². The Balaban J connectivity index is 0.000000747. The number of aromatic nitrogens is 1. The topological polar surface area (TPSA) is 103 Å². The van der Waals surface area contributed by atoms with Gasteiger partial charge in [-0.1, -0.05) is 18.2 Å². The molecule has 0 aliphatic rings. The number of halogens is 13. The summed E-state index contributed by atoms with van der Waals surface area (Å²) in [4.78, 5) is 47.6. The van der Waals surface area contributed by atoms with E-state index in [-0.39, 0.29) is 11.1 Å². The van der Waals surface area contributed by atoms with E-state index >= 15 is 0 Å². The number of pyridine rings is 1. The lowest BCUT2D eigenvalue weighted by atomic mass is 10.1. The molecule has 44 heavy (non-hydrogen) atoms. The zero-order chi connectivity index (χ0) is 34.1. The molecule has 0 fully saturated rings. The van der Waals surface area contributed by atoms with Gasteiger partial charge >= 0.3 is 47.8 Å². The standard InChI is InChI=1S/C19H13F9N2O3.C4H2ClF3O3/c20-17(21,22)10-33-16(32)15(31)30(8-11-1-4-13(5-2-11)18(23,24)25)9-12-3-6-14(29-7-12)19(26,27)28;5-2(9)3(10)11-1-4(6,7)8/h1-7H,8-10H2;1H2. The Morgan fingerprint density at radius 3 is 1.50 bits per heavy atom. The molecule has 0 aliphatic carbocycles. The minimum Gasteiger partial charge on any atom is -0.449 e. The summed E-state index contributed by atoms with van der Waals surface area (Å²) in [5.41, 5.74) is -2.25. The number of hydrogen-bond donors (Lipinski definition) is 0. The molecule has 0 saturated carbocycles. The predicted octanol–water partition coefficient (Wildman–Crippen LogP) is 5.61. The van der Waals surface area contributed by atoms with Crippen LogP contribution in [-0.4, -0.2) is 58.5 Å². The maximum atomic E-state index is 12.7. The molecule has 0 radical (unpaired) electrons. The van der Waals surface area contributed by atoms with Crippen molar-refractivity contribution in [2.75, 3.05) is 13.2 Å². The van der Waals surface area contributed by atoms with Crippen LogP contribution >= 0.6 is 11.6 Å². The van der Waals surface area contributed by atoms with Crippen molar-refractivity contribution in [1.82, 2.24) is 9.88 Å². The lowest BCUT2D eigenvalue weighted by Gasteiger charge is -2.22. The third kappa shape index (κ3) is 14.4. The van der Waals surface area contributed by atoms with Crippen LogP contribution in [0.15, 0.2) is 42.6 Å². The molecule has 0 aliphatic heterocycles. The van der Waals surface area contributed by atoms with Crippen LogP contribution in [0.1, 0.15) is 22.4 Å². The van der Waals surface area contributed by atoms with Gasteiger partial charge in [-0.2, -0.15) is 52.7 Å². The van der Waals surface area contributed by atoms with Gasteiger partial charge in [-0.3, -0.25) is 14.6 Å². The maximum Gasteiger partial charge on any atom is 0.433 e. The minimum absolute atomic E-state index is 0.0353. The molecule has 2 aromatic rings. The first-order valence-corrected chi connectivity index (χ1v) is 11.4. The second-order valence-corrected chi connectivity index (χ2v) is 8.40. The molecule has 1 aromatic heterocycles. The Morgan fingerprint density at radius 1 is 0.659 bits per heavy atom.